The van der Waals surface area contributed by atoms with Gasteiger partial charge in [-0.15, -0.1) is 0 Å². The predicted molar refractivity (Wildman–Crippen MR) is 71.0 cm³/mol. The molecule has 2 rings (SSSR count). The van der Waals surface area contributed by atoms with Gasteiger partial charge in [-0.25, -0.2) is 4.98 Å². The minimum Gasteiger partial charge on any atom is -0.496 e. The van der Waals surface area contributed by atoms with Gasteiger partial charge in [0.05, 0.1) is 14.2 Å². The van der Waals surface area contributed by atoms with Crippen LogP contribution in [-0.4, -0.2) is 19.2 Å². The Balaban J connectivity index is 2.38. The van der Waals surface area contributed by atoms with Gasteiger partial charge >= 0.3 is 0 Å². The Morgan fingerprint density at radius 3 is 2.33 bits per heavy atom. The molecule has 0 radical (unpaired) electrons. The van der Waals surface area contributed by atoms with Crippen molar-refractivity contribution in [2.45, 2.75) is 6.42 Å². The highest BCUT2D eigenvalue weighted by molar-refractivity contribution is 5.48. The molecule has 4 heteroatoms. The van der Waals surface area contributed by atoms with Crippen LogP contribution in [0, 0.1) is 0 Å². The lowest BCUT2D eigenvalue weighted by molar-refractivity contribution is 0.387. The van der Waals surface area contributed by atoms with Crippen LogP contribution in [0.2, 0.25) is 0 Å². The smallest absolute Gasteiger partial charge is 0.126 e. The summed E-state index contributed by atoms with van der Waals surface area (Å²) in [6.45, 7) is 0. The van der Waals surface area contributed by atoms with Crippen LogP contribution in [0.1, 0.15) is 11.1 Å². The summed E-state index contributed by atoms with van der Waals surface area (Å²) in [5.41, 5.74) is 7.76. The van der Waals surface area contributed by atoms with Gasteiger partial charge in [0.1, 0.15) is 17.3 Å². The number of nitrogens with zero attached hydrogens (tertiary/aromatic N) is 1. The summed E-state index contributed by atoms with van der Waals surface area (Å²) in [4.78, 5) is 3.98. The minimum atomic E-state index is 0.515. The molecule has 0 amide bonds. The van der Waals surface area contributed by atoms with E-state index in [-0.39, 0.29) is 0 Å². The molecule has 0 aliphatic heterocycles. The van der Waals surface area contributed by atoms with Gasteiger partial charge in [0.2, 0.25) is 0 Å². The van der Waals surface area contributed by atoms with Crippen LogP contribution in [0.5, 0.6) is 11.5 Å². The first-order valence-electron chi connectivity index (χ1n) is 5.65. The number of pyridine rings is 1. The average Bonchev–Trinajstić information content (AvgIpc) is 2.39. The second kappa shape index (κ2) is 5.40. The molecule has 2 aromatic rings. The van der Waals surface area contributed by atoms with Crippen molar-refractivity contribution in [2.24, 2.45) is 0 Å². The van der Waals surface area contributed by atoms with Gasteiger partial charge in [0, 0.05) is 18.2 Å². The highest BCUT2D eigenvalue weighted by atomic mass is 16.5. The topological polar surface area (TPSA) is 57.4 Å². The normalized spacial score (nSPS) is 10.1. The molecule has 94 valence electrons. The van der Waals surface area contributed by atoms with E-state index in [1.807, 2.05) is 30.3 Å². The van der Waals surface area contributed by atoms with Gasteiger partial charge in [0.25, 0.3) is 0 Å². The molecule has 0 saturated heterocycles. The van der Waals surface area contributed by atoms with E-state index in [1.165, 1.54) is 0 Å². The average molecular weight is 244 g/mol. The zero-order chi connectivity index (χ0) is 13.0. The number of ether oxygens (including phenoxy) is 2. The van der Waals surface area contributed by atoms with E-state index in [0.29, 0.717) is 12.2 Å². The number of rotatable bonds is 4. The number of hydrogen-bond donors (Lipinski definition) is 1. The Morgan fingerprint density at radius 2 is 1.78 bits per heavy atom. The van der Waals surface area contributed by atoms with E-state index in [0.717, 1.165) is 22.6 Å². The van der Waals surface area contributed by atoms with Gasteiger partial charge in [0.15, 0.2) is 0 Å². The summed E-state index contributed by atoms with van der Waals surface area (Å²) < 4.78 is 10.7. The first-order chi connectivity index (χ1) is 8.74. The second-order valence-corrected chi connectivity index (χ2v) is 3.91. The van der Waals surface area contributed by atoms with E-state index < -0.39 is 0 Å². The lowest BCUT2D eigenvalue weighted by atomic mass is 10.0. The van der Waals surface area contributed by atoms with Gasteiger partial charge < -0.3 is 15.2 Å². The third-order valence-corrected chi connectivity index (χ3v) is 2.76. The molecule has 0 aliphatic carbocycles. The van der Waals surface area contributed by atoms with Crippen LogP contribution < -0.4 is 15.2 Å². The standard InChI is InChI=1S/C14H16N2O2/c1-17-12-4-3-5-13(18-2)11(12)8-10-6-7-16-14(15)9-10/h3-7,9H,8H2,1-2H3,(H2,15,16). The van der Waals surface area contributed by atoms with Gasteiger partial charge in [-0.1, -0.05) is 6.07 Å². The Kier molecular flexibility index (Phi) is 3.67. The van der Waals surface area contributed by atoms with Crippen LogP contribution in [0.15, 0.2) is 36.5 Å². The van der Waals surface area contributed by atoms with E-state index in [4.69, 9.17) is 15.2 Å². The van der Waals surface area contributed by atoms with Crippen molar-refractivity contribution in [3.63, 3.8) is 0 Å². The zero-order valence-electron chi connectivity index (χ0n) is 10.5. The number of methoxy groups -OCH3 is 2. The summed E-state index contributed by atoms with van der Waals surface area (Å²) in [5, 5.41) is 0. The van der Waals surface area contributed by atoms with Crippen LogP contribution >= 0.6 is 0 Å². The van der Waals surface area contributed by atoms with Crippen molar-refractivity contribution < 1.29 is 9.47 Å². The van der Waals surface area contributed by atoms with E-state index in [9.17, 15) is 0 Å². The lowest BCUT2D eigenvalue weighted by Crippen LogP contribution is -1.99. The fourth-order valence-electron chi connectivity index (χ4n) is 1.91. The van der Waals surface area contributed by atoms with Crippen LogP contribution in [0.25, 0.3) is 0 Å². The Hall–Kier alpha value is -2.23. The fraction of sp³-hybridized carbons (Fsp3) is 0.214. The van der Waals surface area contributed by atoms with Crippen LogP contribution in [-0.2, 0) is 6.42 Å². The monoisotopic (exact) mass is 244 g/mol. The molecular weight excluding hydrogens is 228 g/mol. The number of benzene rings is 1. The predicted octanol–water partition coefficient (Wildman–Crippen LogP) is 2.27. The van der Waals surface area contributed by atoms with Crippen LogP contribution in [0.3, 0.4) is 0 Å². The summed E-state index contributed by atoms with van der Waals surface area (Å²) in [7, 11) is 3.30. The number of aromatic nitrogens is 1. The maximum Gasteiger partial charge on any atom is 0.126 e. The third-order valence-electron chi connectivity index (χ3n) is 2.76. The van der Waals surface area contributed by atoms with E-state index in [2.05, 4.69) is 4.98 Å². The molecule has 0 aliphatic rings. The van der Waals surface area contributed by atoms with Crippen molar-refractivity contribution in [1.82, 2.24) is 4.98 Å². The third kappa shape index (κ3) is 2.53. The molecule has 0 spiro atoms. The SMILES string of the molecule is COc1cccc(OC)c1Cc1ccnc(N)c1. The quantitative estimate of drug-likeness (QED) is 0.896. The molecule has 0 atom stereocenters. The summed E-state index contributed by atoms with van der Waals surface area (Å²) in [5.74, 6) is 2.14. The maximum absolute atomic E-state index is 5.68. The largest absolute Gasteiger partial charge is 0.496 e. The molecular formula is C14H16N2O2. The molecule has 2 N–H and O–H groups in total. The number of nitrogen functional groups attached to an aromatic ring is 1. The molecule has 0 unspecified atom stereocenters. The van der Waals surface area contributed by atoms with Crippen LogP contribution in [0.4, 0.5) is 5.82 Å². The van der Waals surface area contributed by atoms with Crippen molar-refractivity contribution in [2.75, 3.05) is 20.0 Å². The van der Waals surface area contributed by atoms with Gasteiger partial charge in [-0.05, 0) is 29.8 Å². The second-order valence-electron chi connectivity index (χ2n) is 3.91. The summed E-state index contributed by atoms with van der Waals surface area (Å²) in [6, 6.07) is 9.53. The Labute approximate surface area is 106 Å². The van der Waals surface area contributed by atoms with Crippen molar-refractivity contribution >= 4 is 5.82 Å². The van der Waals surface area contributed by atoms with Gasteiger partial charge in [-0.2, -0.15) is 0 Å². The highest BCUT2D eigenvalue weighted by Crippen LogP contribution is 2.30. The van der Waals surface area contributed by atoms with E-state index in [1.54, 1.807) is 20.4 Å². The summed E-state index contributed by atoms with van der Waals surface area (Å²) >= 11 is 0. The molecule has 1 aromatic carbocycles. The first-order valence-corrected chi connectivity index (χ1v) is 5.65. The maximum atomic E-state index is 5.68. The Bertz CT molecular complexity index is 519. The summed E-state index contributed by atoms with van der Waals surface area (Å²) in [6.07, 6.45) is 2.40. The fourth-order valence-corrected chi connectivity index (χ4v) is 1.91. The van der Waals surface area contributed by atoms with Crippen molar-refractivity contribution in [3.05, 3.63) is 47.7 Å². The lowest BCUT2D eigenvalue weighted by Gasteiger charge is -2.13. The number of nitrogens with two attached hydrogens (primary N) is 1. The van der Waals surface area contributed by atoms with E-state index >= 15 is 0 Å². The molecule has 4 nitrogen and oxygen atoms in total. The Morgan fingerprint density at radius 1 is 1.11 bits per heavy atom. The molecule has 1 aromatic heterocycles. The minimum absolute atomic E-state index is 0.515. The zero-order valence-corrected chi connectivity index (χ0v) is 10.5. The van der Waals surface area contributed by atoms with Gasteiger partial charge in [-0.3, -0.25) is 0 Å². The highest BCUT2D eigenvalue weighted by Gasteiger charge is 2.10. The molecule has 0 saturated carbocycles. The first kappa shape index (κ1) is 12.2. The molecule has 18 heavy (non-hydrogen) atoms. The van der Waals surface area contributed by atoms with Crippen molar-refractivity contribution in [3.8, 4) is 11.5 Å². The molecule has 0 bridgehead atoms. The number of hydrogen-bond acceptors (Lipinski definition) is 4. The molecule has 0 fully saturated rings. The molecule has 1 heterocycles. The number of anilines is 1. The van der Waals surface area contributed by atoms with Crippen molar-refractivity contribution in [1.29, 1.82) is 0 Å².